The molecule has 34 heavy (non-hydrogen) atoms. The molecule has 1 aliphatic rings. The first kappa shape index (κ1) is 25.2. The monoisotopic (exact) mass is 470 g/mol. The van der Waals surface area contributed by atoms with Gasteiger partial charge in [0, 0.05) is 13.0 Å². The Morgan fingerprint density at radius 2 is 1.65 bits per heavy atom. The molecule has 0 bridgehead atoms. The van der Waals surface area contributed by atoms with Gasteiger partial charge in [-0.3, -0.25) is 9.63 Å². The van der Waals surface area contributed by atoms with Crippen molar-refractivity contribution in [1.29, 1.82) is 0 Å². The number of carbonyl (C=O) groups excluding carboxylic acids is 2. The van der Waals surface area contributed by atoms with Crippen LogP contribution in [0.3, 0.4) is 0 Å². The molecule has 0 radical (unpaired) electrons. The third kappa shape index (κ3) is 5.55. The lowest BCUT2D eigenvalue weighted by atomic mass is 9.95. The molecule has 0 aliphatic heterocycles. The minimum Gasteiger partial charge on any atom is -0.479 e. The molecule has 0 saturated heterocycles. The summed E-state index contributed by atoms with van der Waals surface area (Å²) in [6.07, 6.45) is -1.27. The first-order valence-electron chi connectivity index (χ1n) is 11.1. The van der Waals surface area contributed by atoms with Crippen molar-refractivity contribution in [3.8, 4) is 11.1 Å². The lowest BCUT2D eigenvalue weighted by molar-refractivity contribution is -0.167. The van der Waals surface area contributed by atoms with Crippen LogP contribution in [0.4, 0.5) is 4.79 Å². The summed E-state index contributed by atoms with van der Waals surface area (Å²) in [7, 11) is 1.32. The van der Waals surface area contributed by atoms with Crippen LogP contribution in [0.2, 0.25) is 0 Å². The van der Waals surface area contributed by atoms with Gasteiger partial charge in [0.05, 0.1) is 6.61 Å². The Labute approximate surface area is 198 Å². The number of hydroxylamine groups is 1. The van der Waals surface area contributed by atoms with E-state index in [1.165, 1.54) is 14.0 Å². The Morgan fingerprint density at radius 3 is 2.18 bits per heavy atom. The number of nitrogens with one attached hydrogen (secondary N) is 2. The number of benzene rings is 2. The van der Waals surface area contributed by atoms with E-state index in [1.807, 2.05) is 55.5 Å². The largest absolute Gasteiger partial charge is 0.479 e. The lowest BCUT2D eigenvalue weighted by Crippen LogP contribution is -2.57. The van der Waals surface area contributed by atoms with Gasteiger partial charge in [0.15, 0.2) is 0 Å². The SMILES string of the molecule is CCCC(C)(NC(=O)OCC1c2ccccc2-c2ccccc21)C(=O)NOC(COC)C(=O)O. The fraction of sp³-hybridized carbons (Fsp3) is 0.400. The molecule has 2 aromatic carbocycles. The predicted molar refractivity (Wildman–Crippen MR) is 124 cm³/mol. The van der Waals surface area contributed by atoms with E-state index in [4.69, 9.17) is 19.4 Å². The van der Waals surface area contributed by atoms with Crippen molar-refractivity contribution in [2.75, 3.05) is 20.3 Å². The maximum atomic E-state index is 12.8. The summed E-state index contributed by atoms with van der Waals surface area (Å²) in [5.41, 5.74) is 5.15. The van der Waals surface area contributed by atoms with E-state index in [0.717, 1.165) is 22.3 Å². The van der Waals surface area contributed by atoms with E-state index in [9.17, 15) is 14.4 Å². The van der Waals surface area contributed by atoms with Crippen molar-refractivity contribution in [2.24, 2.45) is 0 Å². The van der Waals surface area contributed by atoms with Gasteiger partial charge in [0.25, 0.3) is 5.91 Å². The number of fused-ring (bicyclic) bond motifs is 3. The van der Waals surface area contributed by atoms with Crippen molar-refractivity contribution < 1.29 is 33.8 Å². The molecule has 0 saturated carbocycles. The second kappa shape index (κ2) is 11.1. The zero-order valence-electron chi connectivity index (χ0n) is 19.5. The molecule has 0 aromatic heterocycles. The highest BCUT2D eigenvalue weighted by Crippen LogP contribution is 2.44. The zero-order valence-corrected chi connectivity index (χ0v) is 19.5. The molecule has 182 valence electrons. The molecule has 2 atom stereocenters. The number of alkyl carbamates (subject to hydrolysis) is 1. The van der Waals surface area contributed by atoms with Gasteiger partial charge in [0.1, 0.15) is 12.1 Å². The highest BCUT2D eigenvalue weighted by atomic mass is 16.7. The van der Waals surface area contributed by atoms with Crippen LogP contribution < -0.4 is 10.8 Å². The van der Waals surface area contributed by atoms with Gasteiger partial charge in [-0.1, -0.05) is 61.9 Å². The van der Waals surface area contributed by atoms with Gasteiger partial charge < -0.3 is 19.9 Å². The number of methoxy groups -OCH3 is 1. The first-order valence-corrected chi connectivity index (χ1v) is 11.1. The summed E-state index contributed by atoms with van der Waals surface area (Å²) < 4.78 is 10.3. The van der Waals surface area contributed by atoms with Crippen LogP contribution in [0.15, 0.2) is 48.5 Å². The van der Waals surface area contributed by atoms with E-state index in [0.29, 0.717) is 6.42 Å². The number of carbonyl (C=O) groups is 3. The van der Waals surface area contributed by atoms with Crippen LogP contribution in [-0.2, 0) is 23.9 Å². The van der Waals surface area contributed by atoms with Crippen LogP contribution >= 0.6 is 0 Å². The Morgan fingerprint density at radius 1 is 1.06 bits per heavy atom. The van der Waals surface area contributed by atoms with Crippen molar-refractivity contribution in [2.45, 2.75) is 44.2 Å². The minimum absolute atomic E-state index is 0.106. The average Bonchev–Trinajstić information content (AvgIpc) is 3.14. The van der Waals surface area contributed by atoms with E-state index >= 15 is 0 Å². The zero-order chi connectivity index (χ0) is 24.7. The van der Waals surface area contributed by atoms with Gasteiger partial charge in [-0.05, 0) is 35.6 Å². The van der Waals surface area contributed by atoms with E-state index < -0.39 is 29.6 Å². The molecule has 0 fully saturated rings. The van der Waals surface area contributed by atoms with Gasteiger partial charge >= 0.3 is 12.1 Å². The summed E-state index contributed by atoms with van der Waals surface area (Å²) in [5, 5.41) is 11.8. The van der Waals surface area contributed by atoms with E-state index in [2.05, 4.69) is 10.8 Å². The molecule has 3 N–H and O–H groups in total. The number of carboxylic acid groups (broad SMARTS) is 1. The van der Waals surface area contributed by atoms with Crippen molar-refractivity contribution >= 4 is 18.0 Å². The van der Waals surface area contributed by atoms with Crippen LogP contribution in [-0.4, -0.2) is 55.0 Å². The molecule has 1 aliphatic carbocycles. The quantitative estimate of drug-likeness (QED) is 0.431. The molecule has 9 heteroatoms. The van der Waals surface area contributed by atoms with Crippen LogP contribution in [0, 0.1) is 0 Å². The van der Waals surface area contributed by atoms with Gasteiger partial charge in [0.2, 0.25) is 6.10 Å². The number of carboxylic acids is 1. The molecule has 0 heterocycles. The summed E-state index contributed by atoms with van der Waals surface area (Å²) in [6.45, 7) is 3.24. The summed E-state index contributed by atoms with van der Waals surface area (Å²) >= 11 is 0. The summed E-state index contributed by atoms with van der Waals surface area (Å²) in [6, 6.07) is 16.0. The maximum absolute atomic E-state index is 12.8. The Kier molecular flexibility index (Phi) is 8.25. The maximum Gasteiger partial charge on any atom is 0.408 e. The molecule has 2 amide bonds. The first-order chi connectivity index (χ1) is 16.3. The molecule has 0 spiro atoms. The third-order valence-corrected chi connectivity index (χ3v) is 5.86. The Balaban J connectivity index is 1.65. The number of rotatable bonds is 11. The molecule has 2 aromatic rings. The van der Waals surface area contributed by atoms with Crippen molar-refractivity contribution in [3.05, 3.63) is 59.7 Å². The molecule has 2 unspecified atom stereocenters. The minimum atomic E-state index is -1.38. The van der Waals surface area contributed by atoms with Gasteiger partial charge in [-0.15, -0.1) is 0 Å². The predicted octanol–water partition coefficient (Wildman–Crippen LogP) is 3.23. The number of hydrogen-bond donors (Lipinski definition) is 3. The van der Waals surface area contributed by atoms with Crippen molar-refractivity contribution in [1.82, 2.24) is 10.8 Å². The fourth-order valence-electron chi connectivity index (χ4n) is 4.14. The van der Waals surface area contributed by atoms with Gasteiger partial charge in [-0.25, -0.2) is 15.1 Å². The Bertz CT molecular complexity index is 996. The fourth-order valence-corrected chi connectivity index (χ4v) is 4.14. The second-order valence-electron chi connectivity index (χ2n) is 8.36. The molecule has 3 rings (SSSR count). The number of aliphatic carboxylic acids is 1. The molecular formula is C25H30N2O7. The highest BCUT2D eigenvalue weighted by Gasteiger charge is 2.37. The summed E-state index contributed by atoms with van der Waals surface area (Å²) in [5.74, 6) is -2.09. The smallest absolute Gasteiger partial charge is 0.408 e. The van der Waals surface area contributed by atoms with E-state index in [1.54, 1.807) is 0 Å². The summed E-state index contributed by atoms with van der Waals surface area (Å²) in [4.78, 5) is 41.6. The molecule has 9 nitrogen and oxygen atoms in total. The highest BCUT2D eigenvalue weighted by molar-refractivity contribution is 5.89. The third-order valence-electron chi connectivity index (χ3n) is 5.86. The van der Waals surface area contributed by atoms with E-state index in [-0.39, 0.29) is 25.6 Å². The Hall–Kier alpha value is -3.43. The van der Waals surface area contributed by atoms with Crippen LogP contribution in [0.25, 0.3) is 11.1 Å². The second-order valence-corrected chi connectivity index (χ2v) is 8.36. The topological polar surface area (TPSA) is 123 Å². The number of ether oxygens (including phenoxy) is 2. The van der Waals surface area contributed by atoms with Crippen molar-refractivity contribution in [3.63, 3.8) is 0 Å². The molecular weight excluding hydrogens is 440 g/mol. The van der Waals surface area contributed by atoms with Gasteiger partial charge in [-0.2, -0.15) is 0 Å². The normalized spacial score (nSPS) is 14.9. The number of hydrogen-bond acceptors (Lipinski definition) is 6. The lowest BCUT2D eigenvalue weighted by Gasteiger charge is -2.29. The van der Waals surface area contributed by atoms with Crippen LogP contribution in [0.5, 0.6) is 0 Å². The standard InChI is InChI=1S/C25H30N2O7/c1-4-13-25(2,23(30)27-34-21(15-32-3)22(28)29)26-24(31)33-14-20-18-11-7-5-9-16(18)17-10-6-8-12-19(17)20/h5-12,20-21H,4,13-15H2,1-3H3,(H,26,31)(H,27,30)(H,28,29). The van der Waals surface area contributed by atoms with Crippen LogP contribution in [0.1, 0.15) is 43.7 Å². The average molecular weight is 471 g/mol. The number of amides is 2.